The molecule has 0 fully saturated rings. The highest BCUT2D eigenvalue weighted by Crippen LogP contribution is 2.27. The van der Waals surface area contributed by atoms with Crippen molar-refractivity contribution >= 4 is 28.3 Å². The van der Waals surface area contributed by atoms with E-state index in [1.807, 2.05) is 13.8 Å². The van der Waals surface area contributed by atoms with Gasteiger partial charge in [-0.15, -0.1) is 0 Å². The van der Waals surface area contributed by atoms with E-state index in [4.69, 9.17) is 5.73 Å². The highest BCUT2D eigenvalue weighted by atomic mass is 32.1. The second-order valence-corrected chi connectivity index (χ2v) is 5.23. The Morgan fingerprint density at radius 1 is 1.50 bits per heavy atom. The lowest BCUT2D eigenvalue weighted by Gasteiger charge is -2.10. The van der Waals surface area contributed by atoms with E-state index in [2.05, 4.69) is 25.0 Å². The van der Waals surface area contributed by atoms with Gasteiger partial charge in [-0.1, -0.05) is 0 Å². The molecule has 0 spiro atoms. The molecule has 4 N–H and O–H groups in total. The Balaban J connectivity index is 2.11. The summed E-state index contributed by atoms with van der Waals surface area (Å²) >= 11 is 1.16. The van der Waals surface area contributed by atoms with Crippen molar-refractivity contribution in [1.82, 2.24) is 19.7 Å². The normalized spacial score (nSPS) is 10.6. The summed E-state index contributed by atoms with van der Waals surface area (Å²) in [6.45, 7) is 4.26. The molecule has 2 rings (SSSR count). The van der Waals surface area contributed by atoms with Gasteiger partial charge in [-0.05, 0) is 31.4 Å². The van der Waals surface area contributed by atoms with E-state index in [9.17, 15) is 4.79 Å². The maximum absolute atomic E-state index is 12.1. The molecule has 2 aromatic rings. The number of carbonyl (C=O) groups is 1. The summed E-state index contributed by atoms with van der Waals surface area (Å²) in [7, 11) is 0. The number of amides is 1. The molecule has 7 nitrogen and oxygen atoms in total. The van der Waals surface area contributed by atoms with Crippen molar-refractivity contribution < 1.29 is 4.79 Å². The number of nitrogen functional groups attached to an aromatic ring is 1. The summed E-state index contributed by atoms with van der Waals surface area (Å²) in [5.41, 5.74) is 6.97. The monoisotopic (exact) mass is 292 g/mol. The van der Waals surface area contributed by atoms with E-state index in [0.717, 1.165) is 17.2 Å². The van der Waals surface area contributed by atoms with Crippen molar-refractivity contribution in [2.24, 2.45) is 0 Å². The number of aromatic nitrogens is 3. The van der Waals surface area contributed by atoms with Gasteiger partial charge in [-0.3, -0.25) is 4.79 Å². The molecular weight excluding hydrogens is 276 g/mol. The molecule has 1 amide bonds. The Bertz CT molecular complexity index is 583. The molecule has 0 unspecified atom stereocenters. The largest absolute Gasteiger partial charge is 0.382 e. The van der Waals surface area contributed by atoms with Crippen molar-refractivity contribution in [1.29, 1.82) is 0 Å². The minimum Gasteiger partial charge on any atom is -0.382 e. The first-order valence-corrected chi connectivity index (χ1v) is 6.90. The zero-order valence-electron chi connectivity index (χ0n) is 11.3. The number of hydrogen-bond donors (Lipinski definition) is 3. The molecule has 0 aromatic carbocycles. The van der Waals surface area contributed by atoms with Crippen LogP contribution in [-0.2, 0) is 6.54 Å². The molecule has 0 saturated carbocycles. The number of hydrogen-bond acceptors (Lipinski definition) is 7. The first-order valence-electron chi connectivity index (χ1n) is 6.12. The number of carbonyl (C=O) groups excluding carboxylic acids is 1. The highest BCUT2D eigenvalue weighted by Gasteiger charge is 2.19. The molecule has 0 saturated heterocycles. The number of anilines is 2. The van der Waals surface area contributed by atoms with Crippen LogP contribution in [0.3, 0.4) is 0 Å². The van der Waals surface area contributed by atoms with Crippen LogP contribution in [0.5, 0.6) is 0 Å². The fourth-order valence-corrected chi connectivity index (χ4v) is 2.28. The zero-order valence-corrected chi connectivity index (χ0v) is 12.1. The molecule has 0 aliphatic carbocycles. The Morgan fingerprint density at radius 3 is 2.95 bits per heavy atom. The second-order valence-electron chi connectivity index (χ2n) is 4.45. The van der Waals surface area contributed by atoms with Crippen LogP contribution in [0.1, 0.15) is 29.9 Å². The van der Waals surface area contributed by atoms with Crippen LogP contribution in [0, 0.1) is 0 Å². The number of nitrogens with one attached hydrogen (secondary N) is 2. The minimum atomic E-state index is -0.226. The Hall–Kier alpha value is -2.22. The average molecular weight is 292 g/mol. The van der Waals surface area contributed by atoms with Gasteiger partial charge in [0.2, 0.25) is 0 Å². The van der Waals surface area contributed by atoms with Gasteiger partial charge >= 0.3 is 0 Å². The molecule has 0 aliphatic heterocycles. The van der Waals surface area contributed by atoms with Crippen molar-refractivity contribution in [2.75, 3.05) is 11.1 Å². The predicted octanol–water partition coefficient (Wildman–Crippen LogP) is 1.27. The van der Waals surface area contributed by atoms with Crippen LogP contribution in [0.4, 0.5) is 10.8 Å². The first-order chi connectivity index (χ1) is 9.58. The van der Waals surface area contributed by atoms with Gasteiger partial charge in [-0.2, -0.15) is 4.37 Å². The number of nitrogens with two attached hydrogens (primary N) is 1. The first kappa shape index (κ1) is 14.2. The van der Waals surface area contributed by atoms with E-state index in [1.165, 1.54) is 6.33 Å². The maximum atomic E-state index is 12.1. The van der Waals surface area contributed by atoms with Crippen LogP contribution in [-0.4, -0.2) is 26.3 Å². The second kappa shape index (κ2) is 6.29. The maximum Gasteiger partial charge on any atom is 0.258 e. The van der Waals surface area contributed by atoms with Crippen molar-refractivity contribution in [3.63, 3.8) is 0 Å². The predicted molar refractivity (Wildman–Crippen MR) is 78.5 cm³/mol. The summed E-state index contributed by atoms with van der Waals surface area (Å²) in [6.07, 6.45) is 3.14. The molecular formula is C12H16N6OS. The molecule has 0 radical (unpaired) electrons. The Morgan fingerprint density at radius 2 is 2.30 bits per heavy atom. The van der Waals surface area contributed by atoms with Crippen molar-refractivity contribution in [3.05, 3.63) is 29.8 Å². The lowest BCUT2D eigenvalue weighted by atomic mass is 10.2. The van der Waals surface area contributed by atoms with Gasteiger partial charge in [-0.25, -0.2) is 9.97 Å². The van der Waals surface area contributed by atoms with E-state index in [1.54, 1.807) is 12.3 Å². The molecule has 106 valence electrons. The summed E-state index contributed by atoms with van der Waals surface area (Å²) in [5.74, 6) is 0.00905. The Kier molecular flexibility index (Phi) is 4.46. The van der Waals surface area contributed by atoms with E-state index in [-0.39, 0.29) is 17.8 Å². The fourth-order valence-electron chi connectivity index (χ4n) is 1.57. The minimum absolute atomic E-state index is 0.0384. The third kappa shape index (κ3) is 3.41. The highest BCUT2D eigenvalue weighted by molar-refractivity contribution is 7.11. The van der Waals surface area contributed by atoms with Crippen LogP contribution in [0.15, 0.2) is 18.6 Å². The van der Waals surface area contributed by atoms with Crippen molar-refractivity contribution in [3.8, 4) is 0 Å². The van der Waals surface area contributed by atoms with Gasteiger partial charge in [0.25, 0.3) is 5.91 Å². The third-order valence-electron chi connectivity index (χ3n) is 2.44. The standard InChI is InChI=1S/C12H16N6OS/c1-7(2)17-11(19)9-10(13)18-20-12(9)15-5-8-3-4-14-6-16-8/h3-4,6-7,15H,5H2,1-2H3,(H2,13,18)(H,17,19). The number of nitrogens with zero attached hydrogens (tertiary/aromatic N) is 3. The van der Waals surface area contributed by atoms with Crippen molar-refractivity contribution in [2.45, 2.75) is 26.4 Å². The SMILES string of the molecule is CC(C)NC(=O)c1c(N)nsc1NCc1ccncn1. The zero-order chi connectivity index (χ0) is 14.5. The van der Waals surface area contributed by atoms with Crippen LogP contribution >= 0.6 is 11.5 Å². The smallest absolute Gasteiger partial charge is 0.258 e. The molecule has 8 heteroatoms. The van der Waals surface area contributed by atoms with Gasteiger partial charge in [0.1, 0.15) is 16.9 Å². The van der Waals surface area contributed by atoms with Crippen LogP contribution in [0.2, 0.25) is 0 Å². The summed E-state index contributed by atoms with van der Waals surface area (Å²) in [6, 6.07) is 1.84. The molecule has 2 heterocycles. The van der Waals surface area contributed by atoms with Gasteiger partial charge in [0, 0.05) is 12.2 Å². The molecule has 0 aliphatic rings. The van der Waals surface area contributed by atoms with E-state index in [0.29, 0.717) is 17.1 Å². The lowest BCUT2D eigenvalue weighted by molar-refractivity contribution is 0.0945. The topological polar surface area (TPSA) is 106 Å². The summed E-state index contributed by atoms with van der Waals surface area (Å²) < 4.78 is 4.02. The fraction of sp³-hybridized carbons (Fsp3) is 0.333. The average Bonchev–Trinajstić information content (AvgIpc) is 2.78. The molecule has 0 atom stereocenters. The van der Waals surface area contributed by atoms with E-state index >= 15 is 0 Å². The van der Waals surface area contributed by atoms with Gasteiger partial charge < -0.3 is 16.4 Å². The van der Waals surface area contributed by atoms with Gasteiger partial charge in [0.05, 0.1) is 12.2 Å². The third-order valence-corrected chi connectivity index (χ3v) is 3.26. The summed E-state index contributed by atoms with van der Waals surface area (Å²) in [4.78, 5) is 20.0. The Labute approximate surface area is 120 Å². The van der Waals surface area contributed by atoms with E-state index < -0.39 is 0 Å². The molecule has 0 bridgehead atoms. The number of rotatable bonds is 5. The molecule has 2 aromatic heterocycles. The quantitative estimate of drug-likeness (QED) is 0.766. The lowest BCUT2D eigenvalue weighted by Crippen LogP contribution is -2.30. The van der Waals surface area contributed by atoms with Crippen LogP contribution in [0.25, 0.3) is 0 Å². The van der Waals surface area contributed by atoms with Gasteiger partial charge in [0.15, 0.2) is 5.82 Å². The van der Waals surface area contributed by atoms with Crippen LogP contribution < -0.4 is 16.4 Å². The molecule has 20 heavy (non-hydrogen) atoms. The summed E-state index contributed by atoms with van der Waals surface area (Å²) in [5, 5.41) is 6.57.